The first-order valence-corrected chi connectivity index (χ1v) is 23.0. The first-order chi connectivity index (χ1) is 32.8. The molecule has 66 heavy (non-hydrogen) atoms. The second-order valence-corrected chi connectivity index (χ2v) is 17.8. The van der Waals surface area contributed by atoms with Crippen molar-refractivity contribution in [3.8, 4) is 27.9 Å². The van der Waals surface area contributed by atoms with Crippen LogP contribution in [0, 0.1) is 11.8 Å². The lowest BCUT2D eigenvalue weighted by Crippen LogP contribution is -2.40. The van der Waals surface area contributed by atoms with Crippen LogP contribution >= 0.6 is 0 Å². The van der Waals surface area contributed by atoms with Gasteiger partial charge in [0, 0.05) is 39.1 Å². The summed E-state index contributed by atoms with van der Waals surface area (Å²) in [6.07, 6.45) is 9.33. The van der Waals surface area contributed by atoms with Gasteiger partial charge in [0.15, 0.2) is 0 Å². The molecular formula is C64H41NO. The van der Waals surface area contributed by atoms with Crippen molar-refractivity contribution in [1.29, 1.82) is 0 Å². The topological polar surface area (TPSA) is 18.1 Å². The minimum Gasteiger partial charge on any atom is -0.456 e. The molecule has 2 aliphatic carbocycles. The highest BCUT2D eigenvalue weighted by atomic mass is 16.3. The van der Waals surface area contributed by atoms with Crippen LogP contribution in [0.3, 0.4) is 0 Å². The Morgan fingerprint density at radius 2 is 0.894 bits per heavy atom. The fourth-order valence-electron chi connectivity index (χ4n) is 11.7. The summed E-state index contributed by atoms with van der Waals surface area (Å²) in [6, 6.07) is 77.9. The van der Waals surface area contributed by atoms with Crippen LogP contribution in [-0.4, -0.2) is 4.57 Å². The fourth-order valence-corrected chi connectivity index (χ4v) is 11.7. The van der Waals surface area contributed by atoms with E-state index in [1.54, 1.807) is 0 Å². The largest absolute Gasteiger partial charge is 0.456 e. The molecule has 2 aliphatic rings. The molecule has 2 atom stereocenters. The molecule has 2 heterocycles. The highest BCUT2D eigenvalue weighted by molar-refractivity contribution is 6.22. The summed E-state index contributed by atoms with van der Waals surface area (Å²) < 4.78 is 9.20. The van der Waals surface area contributed by atoms with E-state index in [4.69, 9.17) is 4.42 Å². The first-order valence-electron chi connectivity index (χ1n) is 23.0. The van der Waals surface area contributed by atoms with Gasteiger partial charge in [0.05, 0.1) is 11.0 Å². The van der Waals surface area contributed by atoms with Crippen molar-refractivity contribution in [2.75, 3.05) is 0 Å². The molecule has 0 N–H and O–H groups in total. The van der Waals surface area contributed by atoms with Crippen molar-refractivity contribution < 1.29 is 4.42 Å². The standard InChI is InChI=1S/C64H41NO/c1-3-18-40(19-4-1)60-45-23-7-9-25-47(45)62(48-26-10-8-24-46(48)60)42-35-37-58-55(39-42)64-53(31-17-33-59(64)66-58)63-51-29-13-11-27-49(51)61(50-28-12-14-30-52(50)63)41-34-36-57-54(38-41)44-22-15-16-32-56(44)65(57)43-20-5-2-6-21-43/h1-39,49,51H. The molecular weight excluding hydrogens is 799 g/mol. The minimum absolute atomic E-state index is 0.110. The van der Waals surface area contributed by atoms with Crippen LogP contribution in [0.5, 0.6) is 0 Å². The smallest absolute Gasteiger partial charge is 0.136 e. The van der Waals surface area contributed by atoms with E-state index in [2.05, 4.69) is 241 Å². The van der Waals surface area contributed by atoms with Crippen LogP contribution in [0.25, 0.3) is 104 Å². The summed E-state index contributed by atoms with van der Waals surface area (Å²) in [4.78, 5) is 0. The van der Waals surface area contributed by atoms with Crippen LogP contribution in [-0.2, 0) is 0 Å². The zero-order chi connectivity index (χ0) is 43.3. The summed E-state index contributed by atoms with van der Waals surface area (Å²) in [6.45, 7) is 0. The van der Waals surface area contributed by atoms with E-state index >= 15 is 0 Å². The predicted octanol–water partition coefficient (Wildman–Crippen LogP) is 15.1. The average Bonchev–Trinajstić information content (AvgIpc) is 3.93. The monoisotopic (exact) mass is 839 g/mol. The van der Waals surface area contributed by atoms with Gasteiger partial charge in [0.1, 0.15) is 11.2 Å². The molecule has 0 saturated heterocycles. The van der Waals surface area contributed by atoms with Gasteiger partial charge in [0.25, 0.3) is 0 Å². The highest BCUT2D eigenvalue weighted by Gasteiger charge is 2.33. The van der Waals surface area contributed by atoms with Crippen molar-refractivity contribution in [1.82, 2.24) is 4.57 Å². The number of allylic oxidation sites excluding steroid dienone is 4. The number of hydrogen-bond donors (Lipinski definition) is 0. The van der Waals surface area contributed by atoms with Gasteiger partial charge in [-0.2, -0.15) is 0 Å². The fraction of sp³-hybridized carbons (Fsp3) is 0.0312. The third kappa shape index (κ3) is 5.42. The molecule has 10 aromatic carbocycles. The normalized spacial score (nSPS) is 15.7. The van der Waals surface area contributed by atoms with E-state index in [0.29, 0.717) is 0 Å². The number of hydrogen-bond acceptors (Lipinski definition) is 1. The molecule has 2 nitrogen and oxygen atoms in total. The maximum Gasteiger partial charge on any atom is 0.136 e. The third-order valence-electron chi connectivity index (χ3n) is 14.4. The number of nitrogens with zero attached hydrogens (tertiary/aromatic N) is 1. The molecule has 0 fully saturated rings. The quantitative estimate of drug-likeness (QED) is 0.158. The van der Waals surface area contributed by atoms with Crippen molar-refractivity contribution in [3.63, 3.8) is 0 Å². The van der Waals surface area contributed by atoms with Gasteiger partial charge >= 0.3 is 0 Å². The lowest BCUT2D eigenvalue weighted by atomic mass is 9.69. The van der Waals surface area contributed by atoms with Gasteiger partial charge in [-0.15, -0.1) is 0 Å². The number of aromatic nitrogens is 1. The molecule has 308 valence electrons. The molecule has 2 heteroatoms. The Bertz CT molecular complexity index is 4110. The van der Waals surface area contributed by atoms with Gasteiger partial charge < -0.3 is 8.98 Å². The van der Waals surface area contributed by atoms with Gasteiger partial charge in [-0.3, -0.25) is 0 Å². The average molecular weight is 840 g/mol. The molecule has 14 rings (SSSR count). The minimum atomic E-state index is 0.110. The Morgan fingerprint density at radius 3 is 1.61 bits per heavy atom. The van der Waals surface area contributed by atoms with Gasteiger partial charge in [-0.1, -0.05) is 188 Å². The Labute approximate surface area is 381 Å². The van der Waals surface area contributed by atoms with Gasteiger partial charge in [0.2, 0.25) is 0 Å². The zero-order valence-electron chi connectivity index (χ0n) is 36.0. The Hall–Kier alpha value is -8.46. The molecule has 12 aromatic rings. The lowest BCUT2D eigenvalue weighted by Gasteiger charge is -2.33. The summed E-state index contributed by atoms with van der Waals surface area (Å²) in [5, 5.41) is 12.3. The Balaban J connectivity index is 1.02. The van der Waals surface area contributed by atoms with E-state index in [-0.39, 0.29) is 11.8 Å². The van der Waals surface area contributed by atoms with Gasteiger partial charge in [-0.25, -0.2) is 0 Å². The first kappa shape index (κ1) is 37.0. The SMILES string of the molecule is C1=CC2C(c3ccc4c(c3)c3ccccc3n4-c3ccccc3)=c3ccccc3=C(c3cccc4oc5ccc(-c6c7ccccc7c(-c7ccccc7)c7ccccc67)cc5c34)C2C=C1. The molecule has 2 unspecified atom stereocenters. The summed E-state index contributed by atoms with van der Waals surface area (Å²) in [5.41, 5.74) is 15.5. The van der Waals surface area contributed by atoms with Crippen molar-refractivity contribution in [2.24, 2.45) is 11.8 Å². The summed E-state index contributed by atoms with van der Waals surface area (Å²) in [5.74, 6) is 0.239. The second kappa shape index (κ2) is 14.5. The molecule has 0 spiro atoms. The summed E-state index contributed by atoms with van der Waals surface area (Å²) in [7, 11) is 0. The van der Waals surface area contributed by atoms with Gasteiger partial charge in [-0.05, 0) is 125 Å². The van der Waals surface area contributed by atoms with Crippen LogP contribution in [0.1, 0.15) is 11.1 Å². The maximum atomic E-state index is 6.80. The summed E-state index contributed by atoms with van der Waals surface area (Å²) >= 11 is 0. The number of benzene rings is 10. The Morgan fingerprint density at radius 1 is 0.348 bits per heavy atom. The van der Waals surface area contributed by atoms with E-state index in [9.17, 15) is 0 Å². The third-order valence-corrected chi connectivity index (χ3v) is 14.4. The number of fused-ring (bicyclic) bond motifs is 10. The number of para-hydroxylation sites is 2. The number of rotatable bonds is 5. The number of furan rings is 1. The van der Waals surface area contributed by atoms with Crippen LogP contribution in [0.4, 0.5) is 0 Å². The van der Waals surface area contributed by atoms with E-state index < -0.39 is 0 Å². The molecule has 0 bridgehead atoms. The predicted molar refractivity (Wildman–Crippen MR) is 276 cm³/mol. The zero-order valence-corrected chi connectivity index (χ0v) is 36.0. The van der Waals surface area contributed by atoms with E-state index in [1.807, 2.05) is 0 Å². The lowest BCUT2D eigenvalue weighted by molar-refractivity contribution is 0.668. The van der Waals surface area contributed by atoms with Crippen molar-refractivity contribution in [2.45, 2.75) is 0 Å². The maximum absolute atomic E-state index is 6.80. The van der Waals surface area contributed by atoms with E-state index in [0.717, 1.165) is 21.9 Å². The molecule has 0 aliphatic heterocycles. The highest BCUT2D eigenvalue weighted by Crippen LogP contribution is 2.47. The molecule has 2 aromatic heterocycles. The van der Waals surface area contributed by atoms with Crippen LogP contribution < -0.4 is 10.4 Å². The van der Waals surface area contributed by atoms with Crippen LogP contribution in [0.2, 0.25) is 0 Å². The molecule has 0 radical (unpaired) electrons. The second-order valence-electron chi connectivity index (χ2n) is 17.8. The van der Waals surface area contributed by atoms with Crippen molar-refractivity contribution >= 4 is 76.4 Å². The van der Waals surface area contributed by atoms with E-state index in [1.165, 1.54) is 104 Å². The molecule has 0 amide bonds. The van der Waals surface area contributed by atoms with Crippen molar-refractivity contribution in [3.05, 3.63) is 258 Å². The molecule has 0 saturated carbocycles. The Kier molecular flexibility index (Phi) is 8.14. The van der Waals surface area contributed by atoms with Crippen LogP contribution in [0.15, 0.2) is 241 Å².